The number of anilines is 2. The molecule has 0 saturated carbocycles. The zero-order chi connectivity index (χ0) is 15.3. The maximum atomic E-state index is 11.8. The van der Waals surface area contributed by atoms with E-state index in [1.807, 2.05) is 20.8 Å². The van der Waals surface area contributed by atoms with E-state index in [2.05, 4.69) is 16.0 Å². The van der Waals surface area contributed by atoms with Gasteiger partial charge < -0.3 is 16.0 Å². The molecule has 0 fully saturated rings. The molecule has 0 aliphatic heterocycles. The molecule has 2 amide bonds. The summed E-state index contributed by atoms with van der Waals surface area (Å²) in [6, 6.07) is 7.07. The molecule has 5 nitrogen and oxygen atoms in total. The Morgan fingerprint density at radius 3 is 2.15 bits per heavy atom. The summed E-state index contributed by atoms with van der Waals surface area (Å²) in [7, 11) is 0. The second-order valence-electron chi connectivity index (χ2n) is 5.42. The zero-order valence-corrected chi connectivity index (χ0v) is 12.9. The first kappa shape index (κ1) is 16.1. The molecule has 108 valence electrons. The minimum absolute atomic E-state index is 0.147. The SMILES string of the molecule is CC(=O)Nc1cccc(NC(=S)NC(=O)C(C)(C)C)c1. The third-order valence-electron chi connectivity index (χ3n) is 2.35. The molecule has 0 radical (unpaired) electrons. The minimum Gasteiger partial charge on any atom is -0.332 e. The van der Waals surface area contributed by atoms with Gasteiger partial charge in [0.05, 0.1) is 0 Å². The highest BCUT2D eigenvalue weighted by molar-refractivity contribution is 7.80. The third kappa shape index (κ3) is 5.36. The molecule has 1 rings (SSSR count). The highest BCUT2D eigenvalue weighted by Crippen LogP contribution is 2.16. The van der Waals surface area contributed by atoms with E-state index >= 15 is 0 Å². The van der Waals surface area contributed by atoms with Gasteiger partial charge in [0.25, 0.3) is 0 Å². The number of thiocarbonyl (C=S) groups is 1. The Morgan fingerprint density at radius 2 is 1.65 bits per heavy atom. The van der Waals surface area contributed by atoms with Crippen molar-refractivity contribution in [2.45, 2.75) is 27.7 Å². The summed E-state index contributed by atoms with van der Waals surface area (Å²) in [5.41, 5.74) is 0.840. The van der Waals surface area contributed by atoms with Gasteiger partial charge in [0, 0.05) is 23.7 Å². The van der Waals surface area contributed by atoms with E-state index in [1.54, 1.807) is 24.3 Å². The molecule has 20 heavy (non-hydrogen) atoms. The van der Waals surface area contributed by atoms with E-state index in [1.165, 1.54) is 6.92 Å². The number of carbonyl (C=O) groups excluding carboxylic acids is 2. The molecule has 1 aromatic rings. The quantitative estimate of drug-likeness (QED) is 0.733. The number of rotatable bonds is 2. The number of carbonyl (C=O) groups is 2. The molecular formula is C14H19N3O2S. The first-order valence-electron chi connectivity index (χ1n) is 6.18. The second-order valence-corrected chi connectivity index (χ2v) is 5.83. The van der Waals surface area contributed by atoms with Crippen LogP contribution in [0.2, 0.25) is 0 Å². The normalized spacial score (nSPS) is 10.6. The lowest BCUT2D eigenvalue weighted by atomic mass is 9.96. The summed E-state index contributed by atoms with van der Waals surface area (Å²) in [5, 5.41) is 8.43. The van der Waals surface area contributed by atoms with Gasteiger partial charge in [0.2, 0.25) is 11.8 Å². The standard InChI is InChI=1S/C14H19N3O2S/c1-9(18)15-10-6-5-7-11(8-10)16-13(20)17-12(19)14(2,3)4/h5-8H,1-4H3,(H,15,18)(H2,16,17,19,20). The fourth-order valence-electron chi connectivity index (χ4n) is 1.33. The minimum atomic E-state index is -0.510. The van der Waals surface area contributed by atoms with Crippen LogP contribution in [0.3, 0.4) is 0 Å². The van der Waals surface area contributed by atoms with E-state index in [4.69, 9.17) is 12.2 Å². The van der Waals surface area contributed by atoms with Crippen LogP contribution in [0, 0.1) is 5.41 Å². The van der Waals surface area contributed by atoms with Crippen molar-refractivity contribution in [3.63, 3.8) is 0 Å². The molecule has 1 aromatic carbocycles. The fraction of sp³-hybridized carbons (Fsp3) is 0.357. The Hall–Kier alpha value is -1.95. The van der Waals surface area contributed by atoms with Gasteiger partial charge in [-0.05, 0) is 30.4 Å². The molecule has 0 atom stereocenters. The first-order valence-corrected chi connectivity index (χ1v) is 6.59. The molecule has 3 N–H and O–H groups in total. The van der Waals surface area contributed by atoms with E-state index in [0.29, 0.717) is 11.4 Å². The van der Waals surface area contributed by atoms with Gasteiger partial charge in [0.1, 0.15) is 0 Å². The van der Waals surface area contributed by atoms with Crippen molar-refractivity contribution in [2.75, 3.05) is 10.6 Å². The number of benzene rings is 1. The largest absolute Gasteiger partial charge is 0.332 e. The monoisotopic (exact) mass is 293 g/mol. The number of nitrogens with one attached hydrogen (secondary N) is 3. The van der Waals surface area contributed by atoms with Gasteiger partial charge in [0.15, 0.2) is 5.11 Å². The van der Waals surface area contributed by atoms with Crippen LogP contribution in [0.25, 0.3) is 0 Å². The smallest absolute Gasteiger partial charge is 0.231 e. The topological polar surface area (TPSA) is 70.2 Å². The fourth-order valence-corrected chi connectivity index (χ4v) is 1.54. The lowest BCUT2D eigenvalue weighted by Crippen LogP contribution is -2.41. The van der Waals surface area contributed by atoms with Crippen molar-refractivity contribution in [1.29, 1.82) is 0 Å². The summed E-state index contributed by atoms with van der Waals surface area (Å²) in [6.07, 6.45) is 0. The van der Waals surface area contributed by atoms with Crippen molar-refractivity contribution < 1.29 is 9.59 Å². The summed E-state index contributed by atoms with van der Waals surface area (Å²) >= 11 is 5.08. The number of hydrogen-bond acceptors (Lipinski definition) is 3. The average Bonchev–Trinajstić information content (AvgIpc) is 2.26. The van der Waals surface area contributed by atoms with Crippen LogP contribution in [0.5, 0.6) is 0 Å². The van der Waals surface area contributed by atoms with Crippen molar-refractivity contribution in [3.8, 4) is 0 Å². The van der Waals surface area contributed by atoms with Crippen molar-refractivity contribution >= 4 is 40.5 Å². The van der Waals surface area contributed by atoms with Crippen molar-refractivity contribution in [3.05, 3.63) is 24.3 Å². The molecular weight excluding hydrogens is 274 g/mol. The van der Waals surface area contributed by atoms with Gasteiger partial charge in [-0.15, -0.1) is 0 Å². The molecule has 0 aromatic heterocycles. The molecule has 0 aliphatic carbocycles. The lowest BCUT2D eigenvalue weighted by Gasteiger charge is -2.18. The summed E-state index contributed by atoms with van der Waals surface area (Å²) < 4.78 is 0. The van der Waals surface area contributed by atoms with Gasteiger partial charge in [-0.25, -0.2) is 0 Å². The average molecular weight is 293 g/mol. The van der Waals surface area contributed by atoms with Crippen LogP contribution in [0.1, 0.15) is 27.7 Å². The summed E-state index contributed by atoms with van der Waals surface area (Å²) in [6.45, 7) is 6.86. The van der Waals surface area contributed by atoms with E-state index in [-0.39, 0.29) is 16.9 Å². The van der Waals surface area contributed by atoms with Gasteiger partial charge in [-0.3, -0.25) is 9.59 Å². The summed E-state index contributed by atoms with van der Waals surface area (Å²) in [4.78, 5) is 22.8. The first-order chi connectivity index (χ1) is 9.18. The van der Waals surface area contributed by atoms with Crippen LogP contribution in [0.15, 0.2) is 24.3 Å². The Balaban J connectivity index is 2.67. The third-order valence-corrected chi connectivity index (χ3v) is 2.55. The molecule has 0 spiro atoms. The van der Waals surface area contributed by atoms with Gasteiger partial charge >= 0.3 is 0 Å². The predicted molar refractivity (Wildman–Crippen MR) is 84.6 cm³/mol. The molecule has 0 bridgehead atoms. The molecule has 0 saturated heterocycles. The lowest BCUT2D eigenvalue weighted by molar-refractivity contribution is -0.126. The van der Waals surface area contributed by atoms with E-state index < -0.39 is 5.41 Å². The highest BCUT2D eigenvalue weighted by Gasteiger charge is 2.21. The second kappa shape index (κ2) is 6.47. The van der Waals surface area contributed by atoms with Gasteiger partial charge in [-0.1, -0.05) is 26.8 Å². The van der Waals surface area contributed by atoms with Crippen LogP contribution < -0.4 is 16.0 Å². The summed E-state index contributed by atoms with van der Waals surface area (Å²) in [5.74, 6) is -0.307. The molecule has 0 unspecified atom stereocenters. The highest BCUT2D eigenvalue weighted by atomic mass is 32.1. The van der Waals surface area contributed by atoms with Crippen LogP contribution in [0.4, 0.5) is 11.4 Å². The Bertz CT molecular complexity index is 535. The molecule has 6 heteroatoms. The van der Waals surface area contributed by atoms with E-state index in [9.17, 15) is 9.59 Å². The van der Waals surface area contributed by atoms with Gasteiger partial charge in [-0.2, -0.15) is 0 Å². The van der Waals surface area contributed by atoms with Crippen LogP contribution in [-0.2, 0) is 9.59 Å². The maximum Gasteiger partial charge on any atom is 0.231 e. The zero-order valence-electron chi connectivity index (χ0n) is 12.0. The van der Waals surface area contributed by atoms with Crippen LogP contribution in [-0.4, -0.2) is 16.9 Å². The molecule has 0 heterocycles. The van der Waals surface area contributed by atoms with Crippen molar-refractivity contribution in [1.82, 2.24) is 5.32 Å². The Morgan fingerprint density at radius 1 is 1.10 bits per heavy atom. The van der Waals surface area contributed by atoms with E-state index in [0.717, 1.165) is 0 Å². The van der Waals surface area contributed by atoms with Crippen LogP contribution >= 0.6 is 12.2 Å². The van der Waals surface area contributed by atoms with Crippen molar-refractivity contribution in [2.24, 2.45) is 5.41 Å². The Labute approximate surface area is 124 Å². The predicted octanol–water partition coefficient (Wildman–Crippen LogP) is 2.50. The number of hydrogen-bond donors (Lipinski definition) is 3. The Kier molecular flexibility index (Phi) is 5.21. The molecule has 0 aliphatic rings. The maximum absolute atomic E-state index is 11.8. The number of amides is 2.